The van der Waals surface area contributed by atoms with Crippen LogP contribution in [0.25, 0.3) is 0 Å². The molecule has 28 heavy (non-hydrogen) atoms. The molecule has 1 aliphatic heterocycles. The number of para-hydroxylation sites is 1. The number of likely N-dealkylation sites (tertiary alicyclic amines) is 1. The number of nitrogens with zero attached hydrogens (tertiary/aromatic N) is 3. The van der Waals surface area contributed by atoms with Crippen molar-refractivity contribution < 1.29 is 9.13 Å². The third kappa shape index (κ3) is 8.51. The number of aliphatic imine (C=N–C) groups is 1. The minimum absolute atomic E-state index is 0. The molecule has 1 fully saturated rings. The van der Waals surface area contributed by atoms with Gasteiger partial charge in [-0.25, -0.2) is 4.39 Å². The van der Waals surface area contributed by atoms with Gasteiger partial charge in [-0.2, -0.15) is 0 Å². The summed E-state index contributed by atoms with van der Waals surface area (Å²) in [5.74, 6) is 2.18. The summed E-state index contributed by atoms with van der Waals surface area (Å²) >= 11 is 0. The maximum Gasteiger partial charge on any atom is 0.193 e. The van der Waals surface area contributed by atoms with Gasteiger partial charge in [-0.3, -0.25) is 4.99 Å². The van der Waals surface area contributed by atoms with E-state index >= 15 is 0 Å². The van der Waals surface area contributed by atoms with Gasteiger partial charge >= 0.3 is 0 Å². The first-order chi connectivity index (χ1) is 13.0. The summed E-state index contributed by atoms with van der Waals surface area (Å²) in [6.07, 6.45) is 2.53. The highest BCUT2D eigenvalue weighted by atomic mass is 127. The van der Waals surface area contributed by atoms with Gasteiger partial charge in [0.25, 0.3) is 0 Å². The molecule has 1 atom stereocenters. The van der Waals surface area contributed by atoms with Crippen LogP contribution in [0.1, 0.15) is 26.7 Å². The van der Waals surface area contributed by atoms with E-state index in [0.29, 0.717) is 30.7 Å². The van der Waals surface area contributed by atoms with Crippen LogP contribution < -0.4 is 10.1 Å². The fourth-order valence-electron chi connectivity index (χ4n) is 3.58. The van der Waals surface area contributed by atoms with Crippen LogP contribution >= 0.6 is 24.0 Å². The zero-order valence-electron chi connectivity index (χ0n) is 17.7. The minimum atomic E-state index is -0.328. The number of nitrogens with one attached hydrogen (secondary N) is 1. The number of halogens is 2. The Morgan fingerprint density at radius 2 is 2.14 bits per heavy atom. The number of hydrogen-bond acceptors (Lipinski definition) is 3. The zero-order chi connectivity index (χ0) is 19.6. The smallest absolute Gasteiger partial charge is 0.193 e. The molecule has 2 rings (SSSR count). The van der Waals surface area contributed by atoms with Gasteiger partial charge in [0, 0.05) is 33.7 Å². The highest BCUT2D eigenvalue weighted by Crippen LogP contribution is 2.17. The van der Waals surface area contributed by atoms with Crippen LogP contribution in [0.4, 0.5) is 4.39 Å². The number of guanidine groups is 1. The summed E-state index contributed by atoms with van der Waals surface area (Å²) in [4.78, 5) is 8.97. The van der Waals surface area contributed by atoms with Crippen molar-refractivity contribution in [3.63, 3.8) is 0 Å². The van der Waals surface area contributed by atoms with Crippen molar-refractivity contribution in [2.24, 2.45) is 16.8 Å². The number of benzene rings is 1. The monoisotopic (exact) mass is 506 g/mol. The predicted molar refractivity (Wildman–Crippen MR) is 125 cm³/mol. The number of likely N-dealkylation sites (N-methyl/N-ethyl adjacent to an activating group) is 1. The first-order valence-corrected chi connectivity index (χ1v) is 10.0. The molecular formula is C21H36FIN4O. The highest BCUT2D eigenvalue weighted by Gasteiger charge is 2.21. The summed E-state index contributed by atoms with van der Waals surface area (Å²) in [5, 5.41) is 3.49. The van der Waals surface area contributed by atoms with Crippen LogP contribution in [0.5, 0.6) is 5.75 Å². The largest absolute Gasteiger partial charge is 0.489 e. The molecule has 0 radical (unpaired) electrons. The van der Waals surface area contributed by atoms with Gasteiger partial charge < -0.3 is 19.9 Å². The van der Waals surface area contributed by atoms with Gasteiger partial charge in [0.1, 0.15) is 6.61 Å². The summed E-state index contributed by atoms with van der Waals surface area (Å²) < 4.78 is 19.1. The van der Waals surface area contributed by atoms with Crippen LogP contribution in [0.15, 0.2) is 29.3 Å². The van der Waals surface area contributed by atoms with Crippen molar-refractivity contribution >= 4 is 29.9 Å². The van der Waals surface area contributed by atoms with Gasteiger partial charge in [-0.1, -0.05) is 26.0 Å². The van der Waals surface area contributed by atoms with Crippen LogP contribution in [0.2, 0.25) is 0 Å². The first-order valence-electron chi connectivity index (χ1n) is 10.0. The lowest BCUT2D eigenvalue weighted by atomic mass is 9.97. The number of ether oxygens (including phenoxy) is 1. The fourth-order valence-corrected chi connectivity index (χ4v) is 3.58. The molecule has 5 nitrogen and oxygen atoms in total. The third-order valence-electron chi connectivity index (χ3n) is 4.87. The Balaban J connectivity index is 0.00000392. The van der Waals surface area contributed by atoms with Crippen molar-refractivity contribution in [2.75, 3.05) is 53.4 Å². The quantitative estimate of drug-likeness (QED) is 0.332. The molecule has 0 aromatic heterocycles. The van der Waals surface area contributed by atoms with E-state index in [1.54, 1.807) is 25.2 Å². The Morgan fingerprint density at radius 1 is 1.39 bits per heavy atom. The molecule has 1 saturated heterocycles. The van der Waals surface area contributed by atoms with E-state index in [9.17, 15) is 4.39 Å². The Hall–Kier alpha value is -1.09. The van der Waals surface area contributed by atoms with Crippen molar-refractivity contribution in [1.82, 2.24) is 15.1 Å². The number of rotatable bonds is 8. The Kier molecular flexibility index (Phi) is 11.8. The molecule has 0 spiro atoms. The van der Waals surface area contributed by atoms with Gasteiger partial charge in [0.2, 0.25) is 0 Å². The lowest BCUT2D eigenvalue weighted by Crippen LogP contribution is -2.46. The predicted octanol–water partition coefficient (Wildman–Crippen LogP) is 3.70. The molecule has 1 aromatic carbocycles. The van der Waals surface area contributed by atoms with E-state index in [0.717, 1.165) is 19.0 Å². The van der Waals surface area contributed by atoms with E-state index in [1.165, 1.54) is 32.0 Å². The van der Waals surface area contributed by atoms with Crippen molar-refractivity contribution in [3.05, 3.63) is 30.1 Å². The summed E-state index contributed by atoms with van der Waals surface area (Å²) in [6, 6.07) is 6.49. The molecule has 1 aliphatic rings. The van der Waals surface area contributed by atoms with Crippen molar-refractivity contribution in [3.8, 4) is 5.75 Å². The third-order valence-corrected chi connectivity index (χ3v) is 4.87. The van der Waals surface area contributed by atoms with Gasteiger partial charge in [0.05, 0.1) is 6.54 Å². The highest BCUT2D eigenvalue weighted by molar-refractivity contribution is 14.0. The van der Waals surface area contributed by atoms with Gasteiger partial charge in [0.15, 0.2) is 17.5 Å². The fraction of sp³-hybridized carbons (Fsp3) is 0.667. The summed E-state index contributed by atoms with van der Waals surface area (Å²) in [7, 11) is 3.77. The van der Waals surface area contributed by atoms with E-state index in [-0.39, 0.29) is 29.8 Å². The van der Waals surface area contributed by atoms with E-state index in [1.807, 2.05) is 11.9 Å². The van der Waals surface area contributed by atoms with Gasteiger partial charge in [-0.15, -0.1) is 24.0 Å². The molecule has 160 valence electrons. The number of hydrogen-bond donors (Lipinski definition) is 1. The molecule has 0 saturated carbocycles. The number of piperidine rings is 1. The Bertz CT molecular complexity index is 600. The SMILES string of the molecule is CN=C(NCC1CCCN(CC(C)C)C1)N(C)CCOc1ccccc1F.I. The van der Waals surface area contributed by atoms with Crippen LogP contribution in [0.3, 0.4) is 0 Å². The standard InChI is InChI=1S/C21H35FN4O.HI/c1-17(2)15-26-11-7-8-18(16-26)14-24-21(23-3)25(4)12-13-27-20-10-6-5-9-19(20)22;/h5-6,9-10,17-18H,7-8,11-16H2,1-4H3,(H,23,24);1H. The van der Waals surface area contributed by atoms with Crippen molar-refractivity contribution in [1.29, 1.82) is 0 Å². The van der Waals surface area contributed by atoms with E-state index in [2.05, 4.69) is 29.1 Å². The zero-order valence-corrected chi connectivity index (χ0v) is 20.0. The lowest BCUT2D eigenvalue weighted by Gasteiger charge is -2.34. The second kappa shape index (κ2) is 13.2. The second-order valence-corrected chi connectivity index (χ2v) is 7.79. The molecule has 0 aliphatic carbocycles. The molecule has 1 unspecified atom stereocenters. The summed E-state index contributed by atoms with van der Waals surface area (Å²) in [6.45, 7) is 10.1. The lowest BCUT2D eigenvalue weighted by molar-refractivity contribution is 0.159. The minimum Gasteiger partial charge on any atom is -0.489 e. The molecule has 0 bridgehead atoms. The average Bonchev–Trinajstić information content (AvgIpc) is 2.63. The van der Waals surface area contributed by atoms with E-state index < -0.39 is 0 Å². The molecule has 0 amide bonds. The molecule has 1 aromatic rings. The Labute approximate surface area is 186 Å². The average molecular weight is 506 g/mol. The van der Waals surface area contributed by atoms with Crippen LogP contribution in [0, 0.1) is 17.7 Å². The topological polar surface area (TPSA) is 40.1 Å². The molecular weight excluding hydrogens is 470 g/mol. The maximum absolute atomic E-state index is 13.6. The maximum atomic E-state index is 13.6. The Morgan fingerprint density at radius 3 is 2.82 bits per heavy atom. The summed E-state index contributed by atoms with van der Waals surface area (Å²) in [5.41, 5.74) is 0. The van der Waals surface area contributed by atoms with Crippen LogP contribution in [-0.2, 0) is 0 Å². The first kappa shape index (κ1) is 24.9. The van der Waals surface area contributed by atoms with Crippen molar-refractivity contribution in [2.45, 2.75) is 26.7 Å². The second-order valence-electron chi connectivity index (χ2n) is 7.79. The molecule has 7 heteroatoms. The molecule has 1 heterocycles. The normalized spacial score (nSPS) is 17.9. The molecule has 1 N–H and O–H groups in total. The van der Waals surface area contributed by atoms with Crippen LogP contribution in [-0.4, -0.2) is 69.2 Å². The van der Waals surface area contributed by atoms with E-state index in [4.69, 9.17) is 4.74 Å². The van der Waals surface area contributed by atoms with Gasteiger partial charge in [-0.05, 0) is 43.4 Å².